The van der Waals surface area contributed by atoms with Gasteiger partial charge in [0.25, 0.3) is 0 Å². The van der Waals surface area contributed by atoms with Crippen molar-refractivity contribution in [3.8, 4) is 0 Å². The highest BCUT2D eigenvalue weighted by Gasteiger charge is 2.19. The zero-order chi connectivity index (χ0) is 13.8. The summed E-state index contributed by atoms with van der Waals surface area (Å²) in [7, 11) is 0. The van der Waals surface area contributed by atoms with Crippen LogP contribution in [-0.2, 0) is 0 Å². The van der Waals surface area contributed by atoms with Gasteiger partial charge in [0, 0.05) is 6.04 Å². The van der Waals surface area contributed by atoms with Crippen molar-refractivity contribution in [2.45, 2.75) is 91.2 Å². The lowest BCUT2D eigenvalue weighted by Crippen LogP contribution is -2.39. The Morgan fingerprint density at radius 1 is 0.895 bits per heavy atom. The van der Waals surface area contributed by atoms with Gasteiger partial charge >= 0.3 is 0 Å². The summed E-state index contributed by atoms with van der Waals surface area (Å²) in [5.74, 6) is 0. The number of aliphatic hydroxyl groups excluding tert-OH is 1. The summed E-state index contributed by atoms with van der Waals surface area (Å²) in [6.45, 7) is 11.3. The normalized spacial score (nSPS) is 14.2. The van der Waals surface area contributed by atoms with E-state index in [-0.39, 0.29) is 11.6 Å². The largest absolute Gasteiger partial charge is 0.412 e. The van der Waals surface area contributed by atoms with Crippen molar-refractivity contribution in [1.82, 2.24) is 4.90 Å². The van der Waals surface area contributed by atoms with Crippen LogP contribution >= 0.6 is 0 Å². The maximum Gasteiger partial charge on any atom is 0.0552 e. The molecule has 118 valence electrons. The van der Waals surface area contributed by atoms with Crippen molar-refractivity contribution >= 4 is 0 Å². The summed E-state index contributed by atoms with van der Waals surface area (Å²) in [6.07, 6.45) is 9.26. The Hall–Kier alpha value is -0.120. The molecule has 2 atom stereocenters. The Labute approximate surface area is 120 Å². The molecule has 0 aliphatic rings. The monoisotopic (exact) mass is 275 g/mol. The van der Waals surface area contributed by atoms with E-state index in [0.717, 1.165) is 12.8 Å². The van der Waals surface area contributed by atoms with Crippen LogP contribution in [0.15, 0.2) is 0 Å². The molecular formula is C16H37NO2. The van der Waals surface area contributed by atoms with Crippen molar-refractivity contribution in [3.63, 3.8) is 0 Å². The van der Waals surface area contributed by atoms with E-state index in [4.69, 9.17) is 0 Å². The Kier molecular flexibility index (Phi) is 15.9. The van der Waals surface area contributed by atoms with E-state index in [1.807, 2.05) is 0 Å². The molecule has 0 saturated carbocycles. The van der Waals surface area contributed by atoms with E-state index in [9.17, 15) is 5.11 Å². The minimum Gasteiger partial charge on any atom is -0.412 e. The number of unbranched alkanes of at least 4 members (excludes halogenated alkanes) is 2. The highest BCUT2D eigenvalue weighted by Crippen LogP contribution is 2.17. The molecule has 0 aromatic rings. The molecule has 3 heteroatoms. The Bertz CT molecular complexity index is 168. The van der Waals surface area contributed by atoms with Crippen LogP contribution in [0.1, 0.15) is 79.1 Å². The zero-order valence-electron chi connectivity index (χ0n) is 13.6. The zero-order valence-corrected chi connectivity index (χ0v) is 13.6. The molecule has 0 aromatic heterocycles. The molecule has 0 aliphatic carbocycles. The molecule has 3 nitrogen and oxygen atoms in total. The minimum atomic E-state index is -0.118. The molecule has 0 radical (unpaired) electrons. The van der Waals surface area contributed by atoms with Crippen molar-refractivity contribution < 1.29 is 10.6 Å². The van der Waals surface area contributed by atoms with Crippen LogP contribution in [0.3, 0.4) is 0 Å². The number of rotatable bonds is 12. The van der Waals surface area contributed by atoms with Crippen LogP contribution in [0.2, 0.25) is 0 Å². The number of aliphatic hydroxyl groups is 1. The van der Waals surface area contributed by atoms with Crippen LogP contribution in [0.5, 0.6) is 0 Å². The van der Waals surface area contributed by atoms with Gasteiger partial charge in [-0.05, 0) is 45.2 Å². The van der Waals surface area contributed by atoms with Gasteiger partial charge in [-0.2, -0.15) is 0 Å². The molecular weight excluding hydrogens is 238 g/mol. The molecule has 0 spiro atoms. The van der Waals surface area contributed by atoms with Gasteiger partial charge in [-0.3, -0.25) is 0 Å². The first kappa shape index (κ1) is 21.2. The molecule has 0 saturated heterocycles. The molecule has 0 fully saturated rings. The summed E-state index contributed by atoms with van der Waals surface area (Å²) in [5.41, 5.74) is 0. The lowest BCUT2D eigenvalue weighted by Gasteiger charge is -2.33. The molecule has 0 aromatic carbocycles. The fourth-order valence-electron chi connectivity index (χ4n) is 2.46. The van der Waals surface area contributed by atoms with Crippen LogP contribution in [-0.4, -0.2) is 40.7 Å². The molecule has 0 amide bonds. The van der Waals surface area contributed by atoms with Crippen LogP contribution in [0.4, 0.5) is 0 Å². The first-order valence-electron chi connectivity index (χ1n) is 8.11. The fraction of sp³-hybridized carbons (Fsp3) is 1.00. The summed E-state index contributed by atoms with van der Waals surface area (Å²) in [4.78, 5) is 2.63. The van der Waals surface area contributed by atoms with E-state index < -0.39 is 0 Å². The first-order chi connectivity index (χ1) is 8.69. The highest BCUT2D eigenvalue weighted by molar-refractivity contribution is 4.75. The maximum absolute atomic E-state index is 9.93. The van der Waals surface area contributed by atoms with Crippen LogP contribution in [0, 0.1) is 0 Å². The van der Waals surface area contributed by atoms with Gasteiger partial charge in [-0.15, -0.1) is 0 Å². The predicted molar refractivity (Wildman–Crippen MR) is 84.6 cm³/mol. The van der Waals surface area contributed by atoms with Crippen LogP contribution < -0.4 is 0 Å². The maximum atomic E-state index is 9.93. The van der Waals surface area contributed by atoms with Crippen molar-refractivity contribution in [2.24, 2.45) is 0 Å². The van der Waals surface area contributed by atoms with E-state index >= 15 is 0 Å². The van der Waals surface area contributed by atoms with Crippen molar-refractivity contribution in [1.29, 1.82) is 0 Å². The standard InChI is InChI=1S/C16H35NO.H2O/c1-5-9-12-17(13-10-6-2)15(11-7-3)14-16(18)8-4;/h15-16,18H,5-14H2,1-4H3;1H2. The fourth-order valence-corrected chi connectivity index (χ4v) is 2.46. The molecule has 3 N–H and O–H groups in total. The minimum absolute atomic E-state index is 0. The topological polar surface area (TPSA) is 55.0 Å². The smallest absolute Gasteiger partial charge is 0.0552 e. The Morgan fingerprint density at radius 3 is 1.79 bits per heavy atom. The van der Waals surface area contributed by atoms with E-state index in [2.05, 4.69) is 32.6 Å². The van der Waals surface area contributed by atoms with Crippen LogP contribution in [0.25, 0.3) is 0 Å². The lowest BCUT2D eigenvalue weighted by atomic mass is 10.0. The quantitative estimate of drug-likeness (QED) is 0.593. The number of hydrogen-bond donors (Lipinski definition) is 1. The van der Waals surface area contributed by atoms with Gasteiger partial charge < -0.3 is 15.5 Å². The average Bonchev–Trinajstić information content (AvgIpc) is 2.38. The van der Waals surface area contributed by atoms with Gasteiger partial charge in [0.1, 0.15) is 0 Å². The van der Waals surface area contributed by atoms with Crippen molar-refractivity contribution in [2.75, 3.05) is 13.1 Å². The van der Waals surface area contributed by atoms with Gasteiger partial charge in [-0.25, -0.2) is 0 Å². The molecule has 2 unspecified atom stereocenters. The molecule has 0 bridgehead atoms. The molecule has 19 heavy (non-hydrogen) atoms. The van der Waals surface area contributed by atoms with Gasteiger partial charge in [-0.1, -0.05) is 47.0 Å². The summed E-state index contributed by atoms with van der Waals surface area (Å²) < 4.78 is 0. The Balaban J connectivity index is 0. The van der Waals surface area contributed by atoms with E-state index in [1.165, 1.54) is 51.6 Å². The first-order valence-corrected chi connectivity index (χ1v) is 8.11. The van der Waals surface area contributed by atoms with E-state index in [1.54, 1.807) is 0 Å². The summed E-state index contributed by atoms with van der Waals surface area (Å²) >= 11 is 0. The molecule has 0 heterocycles. The third-order valence-corrected chi connectivity index (χ3v) is 3.75. The lowest BCUT2D eigenvalue weighted by molar-refractivity contribution is 0.0916. The third kappa shape index (κ3) is 10.3. The van der Waals surface area contributed by atoms with Gasteiger partial charge in [0.2, 0.25) is 0 Å². The average molecular weight is 275 g/mol. The number of nitrogens with zero attached hydrogens (tertiary/aromatic N) is 1. The number of hydrogen-bond acceptors (Lipinski definition) is 2. The SMILES string of the molecule is CCCCN(CCCC)C(CCC)CC(O)CC.O. The van der Waals surface area contributed by atoms with Gasteiger partial charge in [0.05, 0.1) is 6.10 Å². The predicted octanol–water partition coefficient (Wildman–Crippen LogP) is 3.39. The molecule has 0 aliphatic heterocycles. The third-order valence-electron chi connectivity index (χ3n) is 3.75. The summed E-state index contributed by atoms with van der Waals surface area (Å²) in [5, 5.41) is 9.93. The van der Waals surface area contributed by atoms with Crippen molar-refractivity contribution in [3.05, 3.63) is 0 Å². The Morgan fingerprint density at radius 2 is 1.42 bits per heavy atom. The second kappa shape index (κ2) is 14.3. The highest BCUT2D eigenvalue weighted by atomic mass is 16.3. The second-order valence-corrected chi connectivity index (χ2v) is 5.48. The summed E-state index contributed by atoms with van der Waals surface area (Å²) in [6, 6.07) is 0.586. The second-order valence-electron chi connectivity index (χ2n) is 5.48. The van der Waals surface area contributed by atoms with Gasteiger partial charge in [0.15, 0.2) is 0 Å². The molecule has 0 rings (SSSR count). The van der Waals surface area contributed by atoms with E-state index in [0.29, 0.717) is 6.04 Å².